The van der Waals surface area contributed by atoms with Crippen LogP contribution in [0.3, 0.4) is 0 Å². The zero-order chi connectivity index (χ0) is 17.9. The zero-order valence-corrected chi connectivity index (χ0v) is 16.3. The van der Waals surface area contributed by atoms with Gasteiger partial charge in [-0.1, -0.05) is 17.7 Å². The molecule has 0 saturated heterocycles. The topological polar surface area (TPSA) is 22.1 Å². The number of hydrogen-bond acceptors (Lipinski definition) is 2. The lowest BCUT2D eigenvalue weighted by atomic mass is 9.50. The lowest BCUT2D eigenvalue weighted by Crippen LogP contribution is -2.59. The maximum atomic E-state index is 6.78. The highest BCUT2D eigenvalue weighted by atomic mass is 35.5. The van der Waals surface area contributed by atoms with Gasteiger partial charge >= 0.3 is 0 Å². The maximum Gasteiger partial charge on any atom is 0.129 e. The Morgan fingerprint density at radius 3 is 2.19 bits per heavy atom. The number of rotatable bonds is 3. The molecule has 0 amide bonds. The van der Waals surface area contributed by atoms with Crippen LogP contribution in [0.4, 0.5) is 0 Å². The minimum atomic E-state index is 0.0154. The summed E-state index contributed by atoms with van der Waals surface area (Å²) in [6, 6.07) is 10.4. The number of aryl methyl sites for hydroxylation is 1. The molecule has 3 heteroatoms. The first-order valence-electron chi connectivity index (χ1n) is 9.93. The Hall–Kier alpha value is -1.54. The first kappa shape index (κ1) is 16.6. The maximum absolute atomic E-state index is 6.78. The van der Waals surface area contributed by atoms with Crippen LogP contribution in [0.1, 0.15) is 44.6 Å². The van der Waals surface area contributed by atoms with Crippen molar-refractivity contribution in [2.45, 2.75) is 51.6 Å². The van der Waals surface area contributed by atoms with Gasteiger partial charge in [0.15, 0.2) is 0 Å². The van der Waals surface area contributed by atoms with Crippen LogP contribution >= 0.6 is 11.6 Å². The Morgan fingerprint density at radius 1 is 0.962 bits per heavy atom. The van der Waals surface area contributed by atoms with E-state index >= 15 is 0 Å². The summed E-state index contributed by atoms with van der Waals surface area (Å²) in [4.78, 5) is 4.20. The van der Waals surface area contributed by atoms with Gasteiger partial charge in [-0.3, -0.25) is 0 Å². The van der Waals surface area contributed by atoms with E-state index in [1.54, 1.807) is 0 Å². The molecule has 0 aliphatic heterocycles. The fourth-order valence-electron chi connectivity index (χ4n) is 6.01. The molecule has 2 aromatic rings. The summed E-state index contributed by atoms with van der Waals surface area (Å²) in [6.07, 6.45) is 8.80. The van der Waals surface area contributed by atoms with Gasteiger partial charge in [0.1, 0.15) is 16.5 Å². The van der Waals surface area contributed by atoms with Crippen molar-refractivity contribution in [1.29, 1.82) is 0 Å². The van der Waals surface area contributed by atoms with Gasteiger partial charge in [-0.15, -0.1) is 0 Å². The molecular weight excluding hydrogens is 342 g/mol. The van der Waals surface area contributed by atoms with E-state index in [0.29, 0.717) is 5.15 Å². The quantitative estimate of drug-likeness (QED) is 0.593. The van der Waals surface area contributed by atoms with Crippen LogP contribution < -0.4 is 4.74 Å². The van der Waals surface area contributed by atoms with Crippen molar-refractivity contribution < 1.29 is 4.74 Å². The number of nitrogens with zero attached hydrogens (tertiary/aromatic N) is 1. The van der Waals surface area contributed by atoms with E-state index in [0.717, 1.165) is 40.5 Å². The fourth-order valence-corrected chi connectivity index (χ4v) is 6.13. The largest absolute Gasteiger partial charge is 0.487 e. The average Bonchev–Trinajstić information content (AvgIpc) is 2.62. The lowest BCUT2D eigenvalue weighted by Gasteiger charge is -2.59. The van der Waals surface area contributed by atoms with Crippen LogP contribution in [-0.2, 0) is 0 Å². The lowest BCUT2D eigenvalue weighted by molar-refractivity contribution is -0.145. The Balaban J connectivity index is 1.41. The van der Waals surface area contributed by atoms with Crippen molar-refractivity contribution in [2.24, 2.45) is 23.7 Å². The fraction of sp³-hybridized carbons (Fsp3) is 0.522. The van der Waals surface area contributed by atoms with Gasteiger partial charge in [-0.25, -0.2) is 4.98 Å². The molecule has 0 spiro atoms. The third-order valence-electron chi connectivity index (χ3n) is 7.32. The SMILES string of the molecule is Cc1cc(-c2ccc(Cl)nc2)ccc1OC1(C)C2CC3CC(C2)CC1C3. The Kier molecular flexibility index (Phi) is 3.83. The molecule has 26 heavy (non-hydrogen) atoms. The van der Waals surface area contributed by atoms with E-state index in [1.807, 2.05) is 18.3 Å². The van der Waals surface area contributed by atoms with Crippen LogP contribution in [-0.4, -0.2) is 10.6 Å². The normalized spacial score (nSPS) is 34.9. The molecule has 0 unspecified atom stereocenters. The average molecular weight is 368 g/mol. The van der Waals surface area contributed by atoms with E-state index in [2.05, 4.69) is 37.0 Å². The highest BCUT2D eigenvalue weighted by Crippen LogP contribution is 2.59. The third-order valence-corrected chi connectivity index (χ3v) is 7.55. The molecule has 0 N–H and O–H groups in total. The van der Waals surface area contributed by atoms with Gasteiger partial charge in [0.05, 0.1) is 0 Å². The minimum Gasteiger partial charge on any atom is -0.487 e. The predicted octanol–water partition coefficient (Wildman–Crippen LogP) is 6.30. The predicted molar refractivity (Wildman–Crippen MR) is 105 cm³/mol. The Labute approximate surface area is 160 Å². The number of ether oxygens (including phenoxy) is 1. The Bertz CT molecular complexity index is 801. The van der Waals surface area contributed by atoms with Crippen LogP contribution in [0.5, 0.6) is 5.75 Å². The minimum absolute atomic E-state index is 0.0154. The summed E-state index contributed by atoms with van der Waals surface area (Å²) in [5.74, 6) is 4.45. The molecule has 0 radical (unpaired) electrons. The van der Waals surface area contributed by atoms with Crippen molar-refractivity contribution in [1.82, 2.24) is 4.98 Å². The van der Waals surface area contributed by atoms with Crippen LogP contribution in [0, 0.1) is 30.6 Å². The van der Waals surface area contributed by atoms with Gasteiger partial charge in [0.25, 0.3) is 0 Å². The number of aromatic nitrogens is 1. The standard InChI is InChI=1S/C23H26ClNO/c1-14-7-17(18-4-6-22(24)25-13-18)3-5-21(14)26-23(2)19-9-15-8-16(11-19)12-20(23)10-15/h3-7,13,15-16,19-20H,8-12H2,1-2H3. The van der Waals surface area contributed by atoms with Crippen molar-refractivity contribution in [2.75, 3.05) is 0 Å². The molecule has 1 aromatic carbocycles. The summed E-state index contributed by atoms with van der Waals surface area (Å²) in [5.41, 5.74) is 3.47. The first-order valence-corrected chi connectivity index (χ1v) is 10.3. The second-order valence-corrected chi connectivity index (χ2v) is 9.33. The van der Waals surface area contributed by atoms with Crippen LogP contribution in [0.2, 0.25) is 5.15 Å². The molecule has 4 aliphatic carbocycles. The summed E-state index contributed by atoms with van der Waals surface area (Å²) in [7, 11) is 0. The van der Waals surface area contributed by atoms with Crippen molar-refractivity contribution >= 4 is 11.6 Å². The molecule has 4 fully saturated rings. The second kappa shape index (κ2) is 5.99. The van der Waals surface area contributed by atoms with E-state index in [1.165, 1.54) is 37.7 Å². The highest BCUT2D eigenvalue weighted by Gasteiger charge is 2.56. The van der Waals surface area contributed by atoms with Crippen molar-refractivity contribution in [3.8, 4) is 16.9 Å². The molecule has 1 aromatic heterocycles. The smallest absolute Gasteiger partial charge is 0.129 e. The van der Waals surface area contributed by atoms with Crippen LogP contribution in [0.15, 0.2) is 36.5 Å². The molecule has 4 bridgehead atoms. The molecule has 0 atom stereocenters. The van der Waals surface area contributed by atoms with Gasteiger partial charge < -0.3 is 4.74 Å². The van der Waals surface area contributed by atoms with Crippen LogP contribution in [0.25, 0.3) is 11.1 Å². The van der Waals surface area contributed by atoms with Crippen molar-refractivity contribution in [3.05, 3.63) is 47.2 Å². The number of halogens is 1. The van der Waals surface area contributed by atoms with E-state index in [9.17, 15) is 0 Å². The van der Waals surface area contributed by atoms with Crippen molar-refractivity contribution in [3.63, 3.8) is 0 Å². The monoisotopic (exact) mass is 367 g/mol. The number of benzene rings is 1. The summed E-state index contributed by atoms with van der Waals surface area (Å²) < 4.78 is 6.78. The highest BCUT2D eigenvalue weighted by molar-refractivity contribution is 6.29. The molecule has 2 nitrogen and oxygen atoms in total. The molecule has 1 heterocycles. The van der Waals surface area contributed by atoms with Gasteiger partial charge in [-0.2, -0.15) is 0 Å². The Morgan fingerprint density at radius 2 is 1.62 bits per heavy atom. The van der Waals surface area contributed by atoms with Gasteiger partial charge in [0, 0.05) is 11.8 Å². The van der Waals surface area contributed by atoms with E-state index in [-0.39, 0.29) is 5.60 Å². The molecule has 4 aliphatic rings. The summed E-state index contributed by atoms with van der Waals surface area (Å²) in [6.45, 7) is 4.54. The first-order chi connectivity index (χ1) is 12.5. The molecule has 136 valence electrons. The summed E-state index contributed by atoms with van der Waals surface area (Å²) in [5, 5.41) is 0.528. The summed E-state index contributed by atoms with van der Waals surface area (Å²) >= 11 is 5.91. The van der Waals surface area contributed by atoms with E-state index < -0.39 is 0 Å². The number of pyridine rings is 1. The van der Waals surface area contributed by atoms with Gasteiger partial charge in [0.2, 0.25) is 0 Å². The molecular formula is C23H26ClNO. The third kappa shape index (κ3) is 2.65. The molecule has 4 saturated carbocycles. The molecule has 6 rings (SSSR count). The van der Waals surface area contributed by atoms with Gasteiger partial charge in [-0.05, 0) is 105 Å². The number of hydrogen-bond donors (Lipinski definition) is 0. The zero-order valence-electron chi connectivity index (χ0n) is 15.5. The second-order valence-electron chi connectivity index (χ2n) is 8.94. The van der Waals surface area contributed by atoms with E-state index in [4.69, 9.17) is 16.3 Å².